The molecule has 0 bridgehead atoms. The monoisotopic (exact) mass is 324 g/mol. The minimum absolute atomic E-state index is 0.0365. The summed E-state index contributed by atoms with van der Waals surface area (Å²) in [6.07, 6.45) is 0. The highest BCUT2D eigenvalue weighted by atomic mass is 79.9. The Hall–Kier alpha value is -1.03. The topological polar surface area (TPSA) is 55.1 Å². The highest BCUT2D eigenvalue weighted by molar-refractivity contribution is 9.10. The van der Waals surface area contributed by atoms with E-state index in [1.54, 1.807) is 6.07 Å². The quantitative estimate of drug-likeness (QED) is 0.809. The molecule has 0 saturated heterocycles. The van der Waals surface area contributed by atoms with Crippen LogP contribution in [-0.2, 0) is 4.79 Å². The second-order valence-corrected chi connectivity index (χ2v) is 7.41. The Morgan fingerprint density at radius 3 is 2.26 bits per heavy atom. The summed E-state index contributed by atoms with van der Waals surface area (Å²) in [5.74, 6) is 0.105. The van der Waals surface area contributed by atoms with Crippen LogP contribution in [-0.4, -0.2) is 5.91 Å². The number of carbonyl (C=O) groups is 1. The zero-order valence-electron chi connectivity index (χ0n) is 12.1. The first kappa shape index (κ1) is 14.4. The summed E-state index contributed by atoms with van der Waals surface area (Å²) >= 11 is 3.47. The average Bonchev–Trinajstić information content (AvgIpc) is 2.66. The molecule has 1 fully saturated rings. The van der Waals surface area contributed by atoms with Crippen LogP contribution in [0.3, 0.4) is 0 Å². The van der Waals surface area contributed by atoms with E-state index in [1.165, 1.54) is 0 Å². The van der Waals surface area contributed by atoms with Crippen molar-refractivity contribution >= 4 is 33.2 Å². The normalized spacial score (nSPS) is 20.1. The van der Waals surface area contributed by atoms with Crippen LogP contribution in [0.1, 0.15) is 33.3 Å². The third kappa shape index (κ3) is 2.16. The molecule has 4 heteroatoms. The van der Waals surface area contributed by atoms with Gasteiger partial charge in [-0.05, 0) is 51.4 Å². The number of carbonyl (C=O) groups excluding carboxylic acids is 1. The Balaban J connectivity index is 2.20. The van der Waals surface area contributed by atoms with Crippen LogP contribution >= 0.6 is 15.9 Å². The number of benzene rings is 1. The number of rotatable bonds is 2. The lowest BCUT2D eigenvalue weighted by Crippen LogP contribution is -2.18. The lowest BCUT2D eigenvalue weighted by molar-refractivity contribution is -0.118. The van der Waals surface area contributed by atoms with Gasteiger partial charge in [0.2, 0.25) is 5.91 Å². The van der Waals surface area contributed by atoms with Crippen molar-refractivity contribution in [2.45, 2.75) is 34.6 Å². The first-order valence-electron chi connectivity index (χ1n) is 6.45. The van der Waals surface area contributed by atoms with E-state index >= 15 is 0 Å². The van der Waals surface area contributed by atoms with Gasteiger partial charge in [0.25, 0.3) is 0 Å². The standard InChI is InChI=1S/C15H21BrN2O/c1-8-6-9(16)11(7-10(8)17)18-13(19)12-14(2,3)15(12,4)5/h6-7,12H,17H2,1-5H3,(H,18,19). The molecule has 0 aliphatic heterocycles. The highest BCUT2D eigenvalue weighted by Crippen LogP contribution is 2.68. The Labute approximate surface area is 123 Å². The summed E-state index contributed by atoms with van der Waals surface area (Å²) in [5.41, 5.74) is 8.40. The molecule has 0 radical (unpaired) electrons. The molecule has 19 heavy (non-hydrogen) atoms. The van der Waals surface area contributed by atoms with Gasteiger partial charge in [0.15, 0.2) is 0 Å². The predicted octanol–water partition coefficient (Wildman–Crippen LogP) is 3.96. The minimum atomic E-state index is 0.0365. The molecule has 0 unspecified atom stereocenters. The molecule has 3 nitrogen and oxygen atoms in total. The predicted molar refractivity (Wildman–Crippen MR) is 83.0 cm³/mol. The summed E-state index contributed by atoms with van der Waals surface area (Å²) in [5, 5.41) is 2.99. The van der Waals surface area contributed by atoms with Gasteiger partial charge >= 0.3 is 0 Å². The van der Waals surface area contributed by atoms with Crippen molar-refractivity contribution in [2.75, 3.05) is 11.1 Å². The van der Waals surface area contributed by atoms with Crippen molar-refractivity contribution in [3.8, 4) is 0 Å². The Morgan fingerprint density at radius 1 is 1.26 bits per heavy atom. The first-order chi connectivity index (χ1) is 8.59. The average molecular weight is 325 g/mol. The highest BCUT2D eigenvalue weighted by Gasteiger charge is 2.68. The molecule has 0 heterocycles. The van der Waals surface area contributed by atoms with E-state index in [0.29, 0.717) is 5.69 Å². The van der Waals surface area contributed by atoms with E-state index in [9.17, 15) is 4.79 Å². The Morgan fingerprint density at radius 2 is 1.79 bits per heavy atom. The second-order valence-electron chi connectivity index (χ2n) is 6.55. The summed E-state index contributed by atoms with van der Waals surface area (Å²) in [6, 6.07) is 3.73. The van der Waals surface area contributed by atoms with Gasteiger partial charge in [-0.25, -0.2) is 0 Å². The van der Waals surface area contributed by atoms with Gasteiger partial charge in [0.05, 0.1) is 5.69 Å². The van der Waals surface area contributed by atoms with E-state index < -0.39 is 0 Å². The third-order valence-electron chi connectivity index (χ3n) is 4.90. The molecule has 0 aromatic heterocycles. The van der Waals surface area contributed by atoms with Crippen molar-refractivity contribution in [1.82, 2.24) is 0 Å². The van der Waals surface area contributed by atoms with Crippen molar-refractivity contribution in [3.63, 3.8) is 0 Å². The fraction of sp³-hybridized carbons (Fsp3) is 0.533. The maximum Gasteiger partial charge on any atom is 0.228 e. The zero-order chi connectivity index (χ0) is 14.6. The number of nitrogen functional groups attached to an aromatic ring is 1. The minimum Gasteiger partial charge on any atom is -0.398 e. The van der Waals surface area contributed by atoms with Gasteiger partial charge in [0, 0.05) is 16.1 Å². The number of amides is 1. The SMILES string of the molecule is Cc1cc(Br)c(NC(=O)C2C(C)(C)C2(C)C)cc1N. The largest absolute Gasteiger partial charge is 0.398 e. The lowest BCUT2D eigenvalue weighted by atomic mass is 10.0. The maximum absolute atomic E-state index is 12.4. The number of hydrogen-bond donors (Lipinski definition) is 2. The third-order valence-corrected chi connectivity index (χ3v) is 5.55. The molecular weight excluding hydrogens is 304 g/mol. The van der Waals surface area contributed by atoms with Crippen molar-refractivity contribution < 1.29 is 4.79 Å². The fourth-order valence-electron chi connectivity index (χ4n) is 2.84. The number of hydrogen-bond acceptors (Lipinski definition) is 2. The fourth-order valence-corrected chi connectivity index (χ4v) is 3.40. The molecule has 3 N–H and O–H groups in total. The van der Waals surface area contributed by atoms with E-state index in [2.05, 4.69) is 48.9 Å². The van der Waals surface area contributed by atoms with E-state index in [-0.39, 0.29) is 22.7 Å². The Bertz CT molecular complexity index is 535. The summed E-state index contributed by atoms with van der Waals surface area (Å²) in [6.45, 7) is 10.5. The summed E-state index contributed by atoms with van der Waals surface area (Å²) < 4.78 is 0.865. The van der Waals surface area contributed by atoms with Crippen molar-refractivity contribution in [1.29, 1.82) is 0 Å². The first-order valence-corrected chi connectivity index (χ1v) is 7.25. The molecule has 1 amide bonds. The van der Waals surface area contributed by atoms with Gasteiger partial charge in [-0.1, -0.05) is 27.7 Å². The summed E-state index contributed by atoms with van der Waals surface area (Å²) in [4.78, 5) is 12.4. The second kappa shape index (κ2) is 4.23. The van der Waals surface area contributed by atoms with E-state index in [0.717, 1.165) is 15.7 Å². The number of halogens is 1. The van der Waals surface area contributed by atoms with Crippen LogP contribution in [0.15, 0.2) is 16.6 Å². The van der Waals surface area contributed by atoms with Gasteiger partial charge < -0.3 is 11.1 Å². The van der Waals surface area contributed by atoms with Gasteiger partial charge in [-0.2, -0.15) is 0 Å². The van der Waals surface area contributed by atoms with Crippen molar-refractivity contribution in [3.05, 3.63) is 22.2 Å². The molecule has 1 aliphatic carbocycles. The van der Waals surface area contributed by atoms with E-state index in [1.807, 2.05) is 13.0 Å². The lowest BCUT2D eigenvalue weighted by Gasteiger charge is -2.11. The van der Waals surface area contributed by atoms with Crippen LogP contribution in [0.2, 0.25) is 0 Å². The molecular formula is C15H21BrN2O. The molecule has 1 aliphatic rings. The Kier molecular flexibility index (Phi) is 3.21. The zero-order valence-corrected chi connectivity index (χ0v) is 13.7. The van der Waals surface area contributed by atoms with Crippen LogP contribution in [0.4, 0.5) is 11.4 Å². The van der Waals surface area contributed by atoms with Crippen LogP contribution < -0.4 is 11.1 Å². The van der Waals surface area contributed by atoms with Gasteiger partial charge in [0.1, 0.15) is 0 Å². The maximum atomic E-state index is 12.4. The molecule has 0 atom stereocenters. The number of nitrogens with one attached hydrogen (secondary N) is 1. The molecule has 1 saturated carbocycles. The number of nitrogens with two attached hydrogens (primary N) is 1. The molecule has 2 rings (SSSR count). The van der Waals surface area contributed by atoms with Crippen LogP contribution in [0.5, 0.6) is 0 Å². The van der Waals surface area contributed by atoms with Crippen molar-refractivity contribution in [2.24, 2.45) is 16.7 Å². The van der Waals surface area contributed by atoms with Crippen LogP contribution in [0, 0.1) is 23.7 Å². The molecule has 0 spiro atoms. The molecule has 104 valence electrons. The smallest absolute Gasteiger partial charge is 0.228 e. The molecule has 1 aromatic rings. The van der Waals surface area contributed by atoms with Crippen LogP contribution in [0.25, 0.3) is 0 Å². The molecule has 1 aromatic carbocycles. The van der Waals surface area contributed by atoms with Gasteiger partial charge in [-0.15, -0.1) is 0 Å². The van der Waals surface area contributed by atoms with E-state index in [4.69, 9.17) is 5.73 Å². The van der Waals surface area contributed by atoms with Gasteiger partial charge in [-0.3, -0.25) is 4.79 Å². The number of aryl methyl sites for hydroxylation is 1. The summed E-state index contributed by atoms with van der Waals surface area (Å²) in [7, 11) is 0. The number of anilines is 2.